The molecule has 0 aliphatic rings. The van der Waals surface area contributed by atoms with Crippen LogP contribution in [-0.2, 0) is 14.3 Å². The molecule has 5 nitrogen and oxygen atoms in total. The van der Waals surface area contributed by atoms with Gasteiger partial charge < -0.3 is 9.52 Å². The van der Waals surface area contributed by atoms with Gasteiger partial charge in [0.05, 0.1) is 17.8 Å². The minimum absolute atomic E-state index is 0.0808. The van der Waals surface area contributed by atoms with Crippen LogP contribution in [0.2, 0.25) is 0 Å². The lowest BCUT2D eigenvalue weighted by molar-refractivity contribution is 0.0758. The third-order valence-corrected chi connectivity index (χ3v) is 5.19. The summed E-state index contributed by atoms with van der Waals surface area (Å²) in [6.45, 7) is 9.00. The third kappa shape index (κ3) is 4.14. The molecule has 0 aliphatic heterocycles. The first-order chi connectivity index (χ1) is 11.2. The van der Waals surface area contributed by atoms with E-state index in [4.69, 9.17) is 8.60 Å². The summed E-state index contributed by atoms with van der Waals surface area (Å²) in [4.78, 5) is 0.0808. The van der Waals surface area contributed by atoms with Crippen molar-refractivity contribution in [2.75, 3.05) is 6.61 Å². The zero-order valence-electron chi connectivity index (χ0n) is 14.0. The number of furan rings is 1. The number of benzene rings is 1. The molecule has 0 amide bonds. The van der Waals surface area contributed by atoms with Crippen molar-refractivity contribution in [2.45, 2.75) is 31.8 Å². The average Bonchev–Trinajstić information content (AvgIpc) is 2.93. The Labute approximate surface area is 142 Å². The maximum Gasteiger partial charge on any atom is 0.296 e. The predicted octanol–water partition coefficient (Wildman–Crippen LogP) is 3.53. The Balaban J connectivity index is 2.15. The highest BCUT2D eigenvalue weighted by atomic mass is 32.2. The van der Waals surface area contributed by atoms with Crippen molar-refractivity contribution in [3.63, 3.8) is 0 Å². The number of hydrogen-bond donors (Lipinski definition) is 1. The van der Waals surface area contributed by atoms with Crippen LogP contribution in [0.4, 0.5) is 0 Å². The van der Waals surface area contributed by atoms with Crippen molar-refractivity contribution in [3.8, 4) is 0 Å². The van der Waals surface area contributed by atoms with Crippen LogP contribution in [0.1, 0.15) is 29.9 Å². The van der Waals surface area contributed by atoms with E-state index < -0.39 is 22.1 Å². The molecule has 0 aliphatic carbocycles. The van der Waals surface area contributed by atoms with Gasteiger partial charge in [0, 0.05) is 5.92 Å². The summed E-state index contributed by atoms with van der Waals surface area (Å²) in [6.07, 6.45) is 0.457. The Bertz CT molecular complexity index is 802. The van der Waals surface area contributed by atoms with E-state index in [1.807, 2.05) is 6.92 Å². The highest BCUT2D eigenvalue weighted by Crippen LogP contribution is 2.31. The molecule has 0 spiro atoms. The average molecular weight is 350 g/mol. The van der Waals surface area contributed by atoms with Crippen molar-refractivity contribution in [2.24, 2.45) is 5.92 Å². The van der Waals surface area contributed by atoms with Gasteiger partial charge in [-0.15, -0.1) is 0 Å². The molecule has 1 aromatic carbocycles. The van der Waals surface area contributed by atoms with E-state index >= 15 is 0 Å². The molecule has 0 unspecified atom stereocenters. The quantitative estimate of drug-likeness (QED) is 0.611. The van der Waals surface area contributed by atoms with Gasteiger partial charge >= 0.3 is 0 Å². The molecule has 0 saturated carbocycles. The van der Waals surface area contributed by atoms with Crippen molar-refractivity contribution in [3.05, 3.63) is 65.6 Å². The molecule has 1 aromatic heterocycles. The fourth-order valence-corrected chi connectivity index (χ4v) is 3.24. The second kappa shape index (κ2) is 7.34. The lowest BCUT2D eigenvalue weighted by Gasteiger charge is -2.22. The zero-order valence-corrected chi connectivity index (χ0v) is 14.8. The van der Waals surface area contributed by atoms with Crippen LogP contribution in [-0.4, -0.2) is 20.1 Å². The highest BCUT2D eigenvalue weighted by Gasteiger charge is 2.28. The van der Waals surface area contributed by atoms with Gasteiger partial charge in [0.1, 0.15) is 11.9 Å². The lowest BCUT2D eigenvalue weighted by atomic mass is 9.93. The van der Waals surface area contributed by atoms with Crippen molar-refractivity contribution in [1.82, 2.24) is 0 Å². The summed E-state index contributed by atoms with van der Waals surface area (Å²) in [7, 11) is -3.90. The van der Waals surface area contributed by atoms with Gasteiger partial charge in [0.15, 0.2) is 0 Å². The summed E-state index contributed by atoms with van der Waals surface area (Å²) in [5, 5.41) is 10.5. The van der Waals surface area contributed by atoms with Crippen LogP contribution >= 0.6 is 0 Å². The largest absolute Gasteiger partial charge is 0.466 e. The lowest BCUT2D eigenvalue weighted by Crippen LogP contribution is -2.22. The zero-order chi connectivity index (χ0) is 17.9. The first-order valence-corrected chi connectivity index (χ1v) is 8.96. The highest BCUT2D eigenvalue weighted by molar-refractivity contribution is 7.86. The second-order valence-electron chi connectivity index (χ2n) is 5.92. The molecule has 0 saturated heterocycles. The van der Waals surface area contributed by atoms with Gasteiger partial charge in [0.2, 0.25) is 0 Å². The molecule has 2 rings (SSSR count). The third-order valence-electron chi connectivity index (χ3n) is 3.90. The molecule has 6 heteroatoms. The van der Waals surface area contributed by atoms with Crippen molar-refractivity contribution in [1.29, 1.82) is 0 Å². The standard InChI is InChI=1S/C18H22O5S/c1-12(2)16(17(19)18-14(4)9-10-22-18)11-23-24(20,21)15-7-5-13(3)6-8-15/h5-10,16-17,19H,1,11H2,2-4H3/t16-,17-/m0/s1. The van der Waals surface area contributed by atoms with E-state index in [1.165, 1.54) is 18.4 Å². The molecular formula is C18H22O5S. The number of aliphatic hydroxyl groups is 1. The number of aryl methyl sites for hydroxylation is 2. The van der Waals surface area contributed by atoms with Crippen LogP contribution in [0.25, 0.3) is 0 Å². The fraction of sp³-hybridized carbons (Fsp3) is 0.333. The molecule has 1 N–H and O–H groups in total. The first kappa shape index (κ1) is 18.4. The van der Waals surface area contributed by atoms with Gasteiger partial charge in [-0.2, -0.15) is 8.42 Å². The van der Waals surface area contributed by atoms with Crippen LogP contribution in [0.15, 0.2) is 58.1 Å². The van der Waals surface area contributed by atoms with Gasteiger partial charge in [-0.25, -0.2) is 0 Å². The topological polar surface area (TPSA) is 76.7 Å². The Morgan fingerprint density at radius 1 is 1.25 bits per heavy atom. The van der Waals surface area contributed by atoms with Crippen LogP contribution in [0.3, 0.4) is 0 Å². The fourth-order valence-electron chi connectivity index (χ4n) is 2.31. The minimum atomic E-state index is -3.90. The SMILES string of the molecule is C=C(C)[C@H](COS(=O)(=O)c1ccc(C)cc1)[C@H](O)c1occc1C. The molecule has 24 heavy (non-hydrogen) atoms. The van der Waals surface area contributed by atoms with E-state index in [2.05, 4.69) is 6.58 Å². The van der Waals surface area contributed by atoms with Crippen LogP contribution in [0.5, 0.6) is 0 Å². The summed E-state index contributed by atoms with van der Waals surface area (Å²) < 4.78 is 35.0. The van der Waals surface area contributed by atoms with Gasteiger partial charge in [0.25, 0.3) is 10.1 Å². The first-order valence-electron chi connectivity index (χ1n) is 7.56. The molecule has 1 heterocycles. The minimum Gasteiger partial charge on any atom is -0.466 e. The molecular weight excluding hydrogens is 328 g/mol. The van der Waals surface area contributed by atoms with E-state index in [9.17, 15) is 13.5 Å². The van der Waals surface area contributed by atoms with Crippen molar-refractivity contribution >= 4 is 10.1 Å². The van der Waals surface area contributed by atoms with Crippen LogP contribution in [0, 0.1) is 19.8 Å². The Hall–Kier alpha value is -1.89. The van der Waals surface area contributed by atoms with E-state index in [1.54, 1.807) is 32.0 Å². The van der Waals surface area contributed by atoms with Gasteiger partial charge in [-0.05, 0) is 44.5 Å². The van der Waals surface area contributed by atoms with E-state index in [0.717, 1.165) is 11.1 Å². The molecule has 2 atom stereocenters. The maximum atomic E-state index is 12.3. The maximum absolute atomic E-state index is 12.3. The normalized spacial score (nSPS) is 14.3. The van der Waals surface area contributed by atoms with E-state index in [0.29, 0.717) is 11.3 Å². The van der Waals surface area contributed by atoms with E-state index in [-0.39, 0.29) is 11.5 Å². The molecule has 0 fully saturated rings. The number of hydrogen-bond acceptors (Lipinski definition) is 5. The Morgan fingerprint density at radius 3 is 2.38 bits per heavy atom. The summed E-state index contributed by atoms with van der Waals surface area (Å²) in [5.41, 5.74) is 2.35. The predicted molar refractivity (Wildman–Crippen MR) is 91.0 cm³/mol. The Kier molecular flexibility index (Phi) is 5.64. The van der Waals surface area contributed by atoms with Gasteiger partial charge in [-0.3, -0.25) is 4.18 Å². The Morgan fingerprint density at radius 2 is 1.88 bits per heavy atom. The monoisotopic (exact) mass is 350 g/mol. The molecule has 0 bridgehead atoms. The molecule has 0 radical (unpaired) electrons. The number of aliphatic hydroxyl groups excluding tert-OH is 1. The summed E-state index contributed by atoms with van der Waals surface area (Å²) >= 11 is 0. The van der Waals surface area contributed by atoms with Crippen LogP contribution < -0.4 is 0 Å². The summed E-state index contributed by atoms with van der Waals surface area (Å²) in [6, 6.07) is 8.13. The summed E-state index contributed by atoms with van der Waals surface area (Å²) in [5.74, 6) is -0.214. The van der Waals surface area contributed by atoms with Gasteiger partial charge in [-0.1, -0.05) is 29.8 Å². The number of rotatable bonds is 7. The molecule has 2 aromatic rings. The second-order valence-corrected chi connectivity index (χ2v) is 7.53. The van der Waals surface area contributed by atoms with Crippen molar-refractivity contribution < 1.29 is 22.1 Å². The smallest absolute Gasteiger partial charge is 0.296 e. The molecule has 130 valence electrons.